The number of hydrogen-bond donors (Lipinski definition) is 2. The van der Waals surface area contributed by atoms with Crippen molar-refractivity contribution in [2.45, 2.75) is 64.5 Å². The molecule has 0 heterocycles. The normalized spacial score (nSPS) is 15.7. The van der Waals surface area contributed by atoms with Crippen molar-refractivity contribution < 1.29 is 9.90 Å². The first kappa shape index (κ1) is 15.0. The molecule has 0 fully saturated rings. The Hall–Kier alpha value is -1.35. The zero-order chi connectivity index (χ0) is 14.4. The van der Waals surface area contributed by atoms with Crippen LogP contribution in [-0.4, -0.2) is 17.1 Å². The minimum Gasteiger partial charge on any atom is -0.480 e. The minimum absolute atomic E-state index is 0.425. The van der Waals surface area contributed by atoms with E-state index >= 15 is 0 Å². The molecule has 1 aromatic carbocycles. The minimum atomic E-state index is -0.739. The SMILES string of the molecule is CCCC[C@H](NCc1ccc2c(c1)CCCC2)C(=O)O. The molecule has 3 heteroatoms. The van der Waals surface area contributed by atoms with E-state index in [0.29, 0.717) is 13.0 Å². The van der Waals surface area contributed by atoms with E-state index in [2.05, 4.69) is 30.4 Å². The largest absolute Gasteiger partial charge is 0.480 e. The number of unbranched alkanes of at least 4 members (excludes halogenated alkanes) is 1. The number of fused-ring (bicyclic) bond motifs is 1. The maximum atomic E-state index is 11.2. The Bertz CT molecular complexity index is 456. The van der Waals surface area contributed by atoms with E-state index in [0.717, 1.165) is 12.8 Å². The summed E-state index contributed by atoms with van der Waals surface area (Å²) in [6, 6.07) is 6.18. The van der Waals surface area contributed by atoms with Gasteiger partial charge in [-0.25, -0.2) is 0 Å². The Kier molecular flexibility index (Phi) is 5.60. The lowest BCUT2D eigenvalue weighted by Gasteiger charge is -2.18. The summed E-state index contributed by atoms with van der Waals surface area (Å²) >= 11 is 0. The van der Waals surface area contributed by atoms with Crippen molar-refractivity contribution in [3.05, 3.63) is 34.9 Å². The number of rotatable bonds is 7. The lowest BCUT2D eigenvalue weighted by atomic mass is 9.90. The van der Waals surface area contributed by atoms with E-state index in [1.54, 1.807) is 0 Å². The van der Waals surface area contributed by atoms with E-state index in [4.69, 9.17) is 0 Å². The number of aryl methyl sites for hydroxylation is 2. The van der Waals surface area contributed by atoms with E-state index in [1.807, 2.05) is 0 Å². The molecule has 20 heavy (non-hydrogen) atoms. The maximum Gasteiger partial charge on any atom is 0.320 e. The lowest BCUT2D eigenvalue weighted by Crippen LogP contribution is -2.36. The van der Waals surface area contributed by atoms with Gasteiger partial charge in [-0.05, 0) is 48.8 Å². The molecule has 0 saturated heterocycles. The smallest absolute Gasteiger partial charge is 0.320 e. The zero-order valence-corrected chi connectivity index (χ0v) is 12.3. The van der Waals surface area contributed by atoms with Gasteiger partial charge in [0.15, 0.2) is 0 Å². The van der Waals surface area contributed by atoms with Gasteiger partial charge in [0.25, 0.3) is 0 Å². The molecule has 110 valence electrons. The highest BCUT2D eigenvalue weighted by atomic mass is 16.4. The Morgan fingerprint density at radius 3 is 2.75 bits per heavy atom. The molecule has 1 aromatic rings. The van der Waals surface area contributed by atoms with Crippen LogP contribution in [0.2, 0.25) is 0 Å². The molecule has 2 N–H and O–H groups in total. The van der Waals surface area contributed by atoms with Crippen molar-refractivity contribution in [3.63, 3.8) is 0 Å². The van der Waals surface area contributed by atoms with Gasteiger partial charge in [0, 0.05) is 6.54 Å². The molecule has 0 radical (unpaired) electrons. The summed E-state index contributed by atoms with van der Waals surface area (Å²) in [6.07, 6.45) is 7.62. The van der Waals surface area contributed by atoms with Crippen LogP contribution >= 0.6 is 0 Å². The first-order valence-electron chi connectivity index (χ1n) is 7.77. The summed E-state index contributed by atoms with van der Waals surface area (Å²) in [7, 11) is 0. The molecule has 1 atom stereocenters. The number of nitrogens with one attached hydrogen (secondary N) is 1. The van der Waals surface area contributed by atoms with Gasteiger partial charge in [0.05, 0.1) is 0 Å². The first-order valence-corrected chi connectivity index (χ1v) is 7.77. The summed E-state index contributed by atoms with van der Waals surface area (Å²) in [5.41, 5.74) is 4.13. The molecule has 3 nitrogen and oxygen atoms in total. The Morgan fingerprint density at radius 1 is 1.30 bits per heavy atom. The second-order valence-corrected chi connectivity index (χ2v) is 5.72. The summed E-state index contributed by atoms with van der Waals surface area (Å²) < 4.78 is 0. The molecular formula is C17H25NO2. The van der Waals surface area contributed by atoms with Crippen LogP contribution in [0.1, 0.15) is 55.7 Å². The summed E-state index contributed by atoms with van der Waals surface area (Å²) in [4.78, 5) is 11.2. The quantitative estimate of drug-likeness (QED) is 0.802. The van der Waals surface area contributed by atoms with Gasteiger partial charge in [-0.2, -0.15) is 0 Å². The molecule has 0 spiro atoms. The van der Waals surface area contributed by atoms with Crippen molar-refractivity contribution in [1.29, 1.82) is 0 Å². The highest BCUT2D eigenvalue weighted by Crippen LogP contribution is 2.22. The van der Waals surface area contributed by atoms with Crippen molar-refractivity contribution in [2.75, 3.05) is 0 Å². The monoisotopic (exact) mass is 275 g/mol. The van der Waals surface area contributed by atoms with Gasteiger partial charge >= 0.3 is 5.97 Å². The molecule has 1 aliphatic rings. The fraction of sp³-hybridized carbons (Fsp3) is 0.588. The van der Waals surface area contributed by atoms with Crippen LogP contribution in [0.5, 0.6) is 0 Å². The van der Waals surface area contributed by atoms with Crippen LogP contribution < -0.4 is 5.32 Å². The van der Waals surface area contributed by atoms with Gasteiger partial charge in [0.2, 0.25) is 0 Å². The molecule has 0 bridgehead atoms. The van der Waals surface area contributed by atoms with E-state index in [1.165, 1.54) is 42.4 Å². The van der Waals surface area contributed by atoms with Crippen LogP contribution in [-0.2, 0) is 24.2 Å². The zero-order valence-electron chi connectivity index (χ0n) is 12.3. The van der Waals surface area contributed by atoms with Gasteiger partial charge in [-0.15, -0.1) is 0 Å². The van der Waals surface area contributed by atoms with E-state index in [-0.39, 0.29) is 0 Å². The number of hydrogen-bond acceptors (Lipinski definition) is 2. The molecule has 2 rings (SSSR count). The molecule has 0 unspecified atom stereocenters. The third-order valence-corrected chi connectivity index (χ3v) is 4.11. The summed E-state index contributed by atoms with van der Waals surface area (Å²) in [5, 5.41) is 12.4. The van der Waals surface area contributed by atoms with Crippen LogP contribution in [0, 0.1) is 0 Å². The second kappa shape index (κ2) is 7.44. The van der Waals surface area contributed by atoms with Crippen LogP contribution in [0.15, 0.2) is 18.2 Å². The first-order chi connectivity index (χ1) is 9.70. The fourth-order valence-electron chi connectivity index (χ4n) is 2.86. The molecule has 0 amide bonds. The molecule has 0 saturated carbocycles. The number of carbonyl (C=O) groups is 1. The van der Waals surface area contributed by atoms with Crippen LogP contribution in [0.3, 0.4) is 0 Å². The molecule has 0 aromatic heterocycles. The van der Waals surface area contributed by atoms with Gasteiger partial charge in [0.1, 0.15) is 6.04 Å². The van der Waals surface area contributed by atoms with Crippen molar-refractivity contribution >= 4 is 5.97 Å². The number of benzene rings is 1. The Morgan fingerprint density at radius 2 is 2.05 bits per heavy atom. The average molecular weight is 275 g/mol. The van der Waals surface area contributed by atoms with Crippen LogP contribution in [0.25, 0.3) is 0 Å². The highest BCUT2D eigenvalue weighted by Gasteiger charge is 2.16. The van der Waals surface area contributed by atoms with Crippen LogP contribution in [0.4, 0.5) is 0 Å². The lowest BCUT2D eigenvalue weighted by molar-refractivity contribution is -0.139. The number of carboxylic acid groups (broad SMARTS) is 1. The average Bonchev–Trinajstić information content (AvgIpc) is 2.46. The number of carboxylic acids is 1. The van der Waals surface area contributed by atoms with Crippen molar-refractivity contribution in [2.24, 2.45) is 0 Å². The van der Waals surface area contributed by atoms with Gasteiger partial charge in [-0.1, -0.05) is 38.0 Å². The Labute approximate surface area is 121 Å². The summed E-state index contributed by atoms with van der Waals surface area (Å²) in [6.45, 7) is 2.73. The number of aliphatic carboxylic acids is 1. The third kappa shape index (κ3) is 4.07. The standard InChI is InChI=1S/C17H25NO2/c1-2-3-8-16(17(19)20)18-12-13-9-10-14-6-4-5-7-15(14)11-13/h9-11,16,18H,2-8,12H2,1H3,(H,19,20)/t16-/m0/s1. The maximum absolute atomic E-state index is 11.2. The van der Waals surface area contributed by atoms with Crippen molar-refractivity contribution in [1.82, 2.24) is 5.32 Å². The van der Waals surface area contributed by atoms with E-state index in [9.17, 15) is 9.90 Å². The van der Waals surface area contributed by atoms with Crippen molar-refractivity contribution in [3.8, 4) is 0 Å². The Balaban J connectivity index is 1.93. The predicted molar refractivity (Wildman–Crippen MR) is 80.9 cm³/mol. The van der Waals surface area contributed by atoms with Gasteiger partial charge < -0.3 is 10.4 Å². The summed E-state index contributed by atoms with van der Waals surface area (Å²) in [5.74, 6) is -0.739. The molecular weight excluding hydrogens is 250 g/mol. The topological polar surface area (TPSA) is 49.3 Å². The third-order valence-electron chi connectivity index (χ3n) is 4.11. The predicted octanol–water partition coefficient (Wildman–Crippen LogP) is 3.30. The highest BCUT2D eigenvalue weighted by molar-refractivity contribution is 5.73. The molecule has 1 aliphatic carbocycles. The van der Waals surface area contributed by atoms with E-state index < -0.39 is 12.0 Å². The molecule has 0 aliphatic heterocycles. The second-order valence-electron chi connectivity index (χ2n) is 5.72. The fourth-order valence-corrected chi connectivity index (χ4v) is 2.86. The van der Waals surface area contributed by atoms with Gasteiger partial charge in [-0.3, -0.25) is 4.79 Å².